The van der Waals surface area contributed by atoms with E-state index in [1.807, 2.05) is 43.1 Å². The molecule has 0 spiro atoms. The second kappa shape index (κ2) is 14.4. The highest BCUT2D eigenvalue weighted by Crippen LogP contribution is 2.24. The Morgan fingerprint density at radius 2 is 1.68 bits per heavy atom. The quantitative estimate of drug-likeness (QED) is 0.267. The van der Waals surface area contributed by atoms with E-state index in [1.165, 1.54) is 24.3 Å². The molecule has 0 amide bonds. The zero-order valence-electron chi connectivity index (χ0n) is 23.2. The van der Waals surface area contributed by atoms with Crippen molar-refractivity contribution in [2.45, 2.75) is 39.2 Å². The number of aromatic nitrogens is 3. The molecule has 40 heavy (non-hydrogen) atoms. The van der Waals surface area contributed by atoms with Crippen LogP contribution in [0.25, 0.3) is 0 Å². The number of esters is 1. The molecule has 0 bridgehead atoms. The lowest BCUT2D eigenvalue weighted by atomic mass is 10.1. The van der Waals surface area contributed by atoms with Gasteiger partial charge in [0, 0.05) is 33.2 Å². The van der Waals surface area contributed by atoms with Gasteiger partial charge in [-0.1, -0.05) is 12.1 Å². The second-order valence-electron chi connectivity index (χ2n) is 9.28. The van der Waals surface area contributed by atoms with E-state index in [4.69, 9.17) is 18.9 Å². The number of carbonyl (C=O) groups excluding carboxylic acids is 1. The SMILES string of the molecule is CCOC(=O)[C@H](Cc1ccc(OCCN(C)c2nc(Oc3ccc(F)cc3)nc(N3CCCC3)n2)cc1)OCC. The van der Waals surface area contributed by atoms with E-state index >= 15 is 0 Å². The molecule has 1 fully saturated rings. The van der Waals surface area contributed by atoms with Gasteiger partial charge in [0.25, 0.3) is 0 Å². The highest BCUT2D eigenvalue weighted by molar-refractivity contribution is 5.75. The van der Waals surface area contributed by atoms with E-state index in [-0.39, 0.29) is 17.8 Å². The first kappa shape index (κ1) is 29.0. The smallest absolute Gasteiger partial charge is 0.335 e. The van der Waals surface area contributed by atoms with Crippen molar-refractivity contribution in [3.8, 4) is 17.5 Å². The Hall–Kier alpha value is -3.99. The Morgan fingerprint density at radius 3 is 2.35 bits per heavy atom. The van der Waals surface area contributed by atoms with Crippen LogP contribution in [0, 0.1) is 5.82 Å². The van der Waals surface area contributed by atoms with Crippen molar-refractivity contribution in [3.63, 3.8) is 0 Å². The summed E-state index contributed by atoms with van der Waals surface area (Å²) in [5.41, 5.74) is 0.948. The molecule has 214 valence electrons. The van der Waals surface area contributed by atoms with Gasteiger partial charge in [0.1, 0.15) is 23.9 Å². The molecule has 1 aromatic heterocycles. The molecule has 1 saturated heterocycles. The molecule has 11 heteroatoms. The Labute approximate surface area is 234 Å². The first-order valence-corrected chi connectivity index (χ1v) is 13.6. The van der Waals surface area contributed by atoms with E-state index in [0.717, 1.165) is 31.5 Å². The third-order valence-electron chi connectivity index (χ3n) is 6.30. The van der Waals surface area contributed by atoms with Gasteiger partial charge in [-0.2, -0.15) is 15.0 Å². The molecule has 0 N–H and O–H groups in total. The van der Waals surface area contributed by atoms with E-state index in [2.05, 4.69) is 19.9 Å². The number of ether oxygens (including phenoxy) is 4. The Morgan fingerprint density at radius 1 is 0.975 bits per heavy atom. The number of benzene rings is 2. The molecule has 4 rings (SSSR count). The molecule has 10 nitrogen and oxygen atoms in total. The minimum absolute atomic E-state index is 0.148. The summed E-state index contributed by atoms with van der Waals surface area (Å²) in [6.07, 6.45) is 1.95. The van der Waals surface area contributed by atoms with Crippen molar-refractivity contribution in [3.05, 3.63) is 59.9 Å². The van der Waals surface area contributed by atoms with Crippen molar-refractivity contribution in [1.82, 2.24) is 15.0 Å². The molecule has 3 aromatic rings. The number of halogens is 1. The number of anilines is 2. The molecule has 1 aliphatic rings. The van der Waals surface area contributed by atoms with Crippen molar-refractivity contribution < 1.29 is 28.1 Å². The first-order chi connectivity index (χ1) is 19.4. The summed E-state index contributed by atoms with van der Waals surface area (Å²) in [4.78, 5) is 29.8. The summed E-state index contributed by atoms with van der Waals surface area (Å²) in [5, 5.41) is 0. The maximum Gasteiger partial charge on any atom is 0.335 e. The van der Waals surface area contributed by atoms with Crippen molar-refractivity contribution in [2.75, 3.05) is 56.3 Å². The summed E-state index contributed by atoms with van der Waals surface area (Å²) in [7, 11) is 1.88. The Kier molecular flexibility index (Phi) is 10.4. The predicted octanol–water partition coefficient (Wildman–Crippen LogP) is 4.43. The second-order valence-corrected chi connectivity index (χ2v) is 9.28. The van der Waals surface area contributed by atoms with Crippen molar-refractivity contribution in [1.29, 1.82) is 0 Å². The van der Waals surface area contributed by atoms with E-state index in [9.17, 15) is 9.18 Å². The van der Waals surface area contributed by atoms with Crippen LogP contribution in [0.2, 0.25) is 0 Å². The third kappa shape index (κ3) is 8.25. The van der Waals surface area contributed by atoms with E-state index < -0.39 is 6.10 Å². The molecule has 0 aliphatic carbocycles. The van der Waals surface area contributed by atoms with Gasteiger partial charge in [-0.15, -0.1) is 0 Å². The fourth-order valence-corrected chi connectivity index (χ4v) is 4.20. The van der Waals surface area contributed by atoms with Crippen LogP contribution in [0.15, 0.2) is 48.5 Å². The molecule has 0 saturated carbocycles. The Balaban J connectivity index is 1.36. The maximum atomic E-state index is 13.3. The Bertz CT molecular complexity index is 1220. The number of carbonyl (C=O) groups is 1. The summed E-state index contributed by atoms with van der Waals surface area (Å²) in [6.45, 7) is 7.01. The molecule has 2 aromatic carbocycles. The van der Waals surface area contributed by atoms with Crippen LogP contribution in [0.5, 0.6) is 17.5 Å². The summed E-state index contributed by atoms with van der Waals surface area (Å²) >= 11 is 0. The minimum Gasteiger partial charge on any atom is -0.492 e. The zero-order valence-corrected chi connectivity index (χ0v) is 23.2. The van der Waals surface area contributed by atoms with Gasteiger partial charge >= 0.3 is 12.0 Å². The summed E-state index contributed by atoms with van der Waals surface area (Å²) in [6, 6.07) is 13.4. The monoisotopic (exact) mass is 553 g/mol. The van der Waals surface area contributed by atoms with Crippen LogP contribution >= 0.6 is 0 Å². The number of nitrogens with zero attached hydrogens (tertiary/aromatic N) is 5. The zero-order chi connectivity index (χ0) is 28.3. The van der Waals surface area contributed by atoms with E-state index in [1.54, 1.807) is 6.92 Å². The number of rotatable bonds is 14. The number of hydrogen-bond acceptors (Lipinski definition) is 10. The van der Waals surface area contributed by atoms with Crippen molar-refractivity contribution in [2.24, 2.45) is 0 Å². The van der Waals surface area contributed by atoms with Crippen LogP contribution in [0.1, 0.15) is 32.3 Å². The molecule has 2 heterocycles. The van der Waals surface area contributed by atoms with Gasteiger partial charge in [0.2, 0.25) is 11.9 Å². The lowest BCUT2D eigenvalue weighted by Gasteiger charge is -2.21. The highest BCUT2D eigenvalue weighted by atomic mass is 19.1. The molecule has 0 unspecified atom stereocenters. The van der Waals surface area contributed by atoms with Crippen LogP contribution in [0.3, 0.4) is 0 Å². The summed E-state index contributed by atoms with van der Waals surface area (Å²) in [5.74, 6) is 1.45. The highest BCUT2D eigenvalue weighted by Gasteiger charge is 2.21. The normalized spacial score (nSPS) is 13.7. The molecule has 1 aliphatic heterocycles. The fourth-order valence-electron chi connectivity index (χ4n) is 4.20. The lowest BCUT2D eigenvalue weighted by molar-refractivity contribution is -0.156. The average molecular weight is 554 g/mol. The summed E-state index contributed by atoms with van der Waals surface area (Å²) < 4.78 is 35.8. The molecule has 1 atom stereocenters. The number of hydrogen-bond donors (Lipinski definition) is 0. The van der Waals surface area contributed by atoms with Gasteiger partial charge in [0.05, 0.1) is 13.2 Å². The standard InChI is InChI=1S/C29H36FN5O5/c1-4-37-25(26(36)38-5-2)20-21-8-12-23(13-9-21)39-19-18-34(3)27-31-28(35-16-6-7-17-35)33-29(32-27)40-24-14-10-22(30)11-15-24/h8-15,25H,4-7,16-20H2,1-3H3/t25-/m0/s1. The largest absolute Gasteiger partial charge is 0.492 e. The van der Waals surface area contributed by atoms with Crippen molar-refractivity contribution >= 4 is 17.9 Å². The van der Waals surface area contributed by atoms with Crippen LogP contribution in [-0.2, 0) is 20.7 Å². The topological polar surface area (TPSA) is 99.1 Å². The maximum absolute atomic E-state index is 13.3. The van der Waals surface area contributed by atoms with Gasteiger partial charge < -0.3 is 28.7 Å². The molecular formula is C29H36FN5O5. The van der Waals surface area contributed by atoms with Gasteiger partial charge in [-0.05, 0) is 68.7 Å². The molecular weight excluding hydrogens is 517 g/mol. The molecule has 0 radical (unpaired) electrons. The third-order valence-corrected chi connectivity index (χ3v) is 6.30. The van der Waals surface area contributed by atoms with Gasteiger partial charge in [-0.3, -0.25) is 0 Å². The van der Waals surface area contributed by atoms with Crippen LogP contribution in [0.4, 0.5) is 16.3 Å². The van der Waals surface area contributed by atoms with Crippen LogP contribution in [-0.4, -0.2) is 73.5 Å². The van der Waals surface area contributed by atoms with Gasteiger partial charge in [-0.25, -0.2) is 9.18 Å². The first-order valence-electron chi connectivity index (χ1n) is 13.6. The fraction of sp³-hybridized carbons (Fsp3) is 0.448. The minimum atomic E-state index is -0.631. The van der Waals surface area contributed by atoms with Crippen LogP contribution < -0.4 is 19.3 Å². The number of likely N-dealkylation sites (N-methyl/N-ethyl adjacent to an activating group) is 1. The van der Waals surface area contributed by atoms with E-state index in [0.29, 0.717) is 56.2 Å². The average Bonchev–Trinajstić information content (AvgIpc) is 3.50. The van der Waals surface area contributed by atoms with Gasteiger partial charge in [0.15, 0.2) is 6.10 Å². The lowest BCUT2D eigenvalue weighted by Crippen LogP contribution is -2.29. The predicted molar refractivity (Wildman–Crippen MR) is 149 cm³/mol.